The summed E-state index contributed by atoms with van der Waals surface area (Å²) in [6, 6.07) is 9.08. The Hall–Kier alpha value is -2.58. The van der Waals surface area contributed by atoms with Crippen LogP contribution in [0, 0.1) is 0 Å². The van der Waals surface area contributed by atoms with Gasteiger partial charge in [-0.2, -0.15) is 0 Å². The Morgan fingerprint density at radius 3 is 2.44 bits per heavy atom. The first-order chi connectivity index (χ1) is 13.0. The summed E-state index contributed by atoms with van der Waals surface area (Å²) in [7, 11) is 3.09. The molecule has 1 heterocycles. The summed E-state index contributed by atoms with van der Waals surface area (Å²) in [6.45, 7) is 3.30. The zero-order valence-electron chi connectivity index (χ0n) is 15.8. The number of rotatable bonds is 10. The van der Waals surface area contributed by atoms with Crippen molar-refractivity contribution in [3.05, 3.63) is 40.6 Å². The molecule has 0 aliphatic rings. The lowest BCUT2D eigenvalue weighted by molar-refractivity contribution is -0.123. The van der Waals surface area contributed by atoms with Crippen molar-refractivity contribution in [2.45, 2.75) is 13.5 Å². The zero-order chi connectivity index (χ0) is 19.6. The standard InChI is InChI=1S/C19H25N3O4S/c1-4-22(12-18(23)20-11-15-6-5-9-27-15)13-19(24)21-14-7-8-16(25-2)17(10-14)26-3/h5-10H,4,11-13H2,1-3H3,(H,20,23)(H,21,24). The first-order valence-electron chi connectivity index (χ1n) is 8.59. The Balaban J connectivity index is 1.84. The van der Waals surface area contributed by atoms with Crippen molar-refractivity contribution < 1.29 is 19.1 Å². The number of carbonyl (C=O) groups is 2. The lowest BCUT2D eigenvalue weighted by Crippen LogP contribution is -2.40. The fraction of sp³-hybridized carbons (Fsp3) is 0.368. The van der Waals surface area contributed by atoms with Crippen molar-refractivity contribution in [2.24, 2.45) is 0 Å². The molecule has 1 aromatic heterocycles. The summed E-state index contributed by atoms with van der Waals surface area (Å²) < 4.78 is 10.4. The van der Waals surface area contributed by atoms with E-state index in [1.54, 1.807) is 41.5 Å². The van der Waals surface area contributed by atoms with Gasteiger partial charge >= 0.3 is 0 Å². The fourth-order valence-electron chi connectivity index (χ4n) is 2.45. The van der Waals surface area contributed by atoms with E-state index in [9.17, 15) is 9.59 Å². The Kier molecular flexibility index (Phi) is 8.09. The maximum atomic E-state index is 12.3. The number of nitrogens with zero attached hydrogens (tertiary/aromatic N) is 1. The van der Waals surface area contributed by atoms with Crippen molar-refractivity contribution in [3.63, 3.8) is 0 Å². The molecule has 0 saturated heterocycles. The SMILES string of the molecule is CCN(CC(=O)NCc1cccs1)CC(=O)Nc1ccc(OC)c(OC)c1. The van der Waals surface area contributed by atoms with E-state index in [4.69, 9.17) is 9.47 Å². The summed E-state index contributed by atoms with van der Waals surface area (Å²) >= 11 is 1.60. The predicted octanol–water partition coefficient (Wildman–Crippen LogP) is 2.34. The second kappa shape index (κ2) is 10.5. The van der Waals surface area contributed by atoms with Crippen LogP contribution in [-0.2, 0) is 16.1 Å². The molecular weight excluding hydrogens is 366 g/mol. The number of carbonyl (C=O) groups excluding carboxylic acids is 2. The number of hydrogen-bond donors (Lipinski definition) is 2. The summed E-state index contributed by atoms with van der Waals surface area (Å²) in [5.41, 5.74) is 0.607. The van der Waals surface area contributed by atoms with Crippen LogP contribution in [0.2, 0.25) is 0 Å². The molecule has 8 heteroatoms. The van der Waals surface area contributed by atoms with Crippen LogP contribution < -0.4 is 20.1 Å². The molecule has 0 aliphatic carbocycles. The van der Waals surface area contributed by atoms with Crippen LogP contribution in [0.25, 0.3) is 0 Å². The quantitative estimate of drug-likeness (QED) is 0.650. The average Bonchev–Trinajstić information content (AvgIpc) is 3.19. The van der Waals surface area contributed by atoms with Crippen LogP contribution >= 0.6 is 11.3 Å². The molecule has 7 nitrogen and oxygen atoms in total. The second-order valence-electron chi connectivity index (χ2n) is 5.78. The molecule has 2 N–H and O–H groups in total. The number of anilines is 1. The summed E-state index contributed by atoms with van der Waals surface area (Å²) in [4.78, 5) is 27.3. The lowest BCUT2D eigenvalue weighted by atomic mass is 10.2. The molecule has 0 fully saturated rings. The highest BCUT2D eigenvalue weighted by Crippen LogP contribution is 2.29. The Bertz CT molecular complexity index is 749. The van der Waals surface area contributed by atoms with Gasteiger partial charge < -0.3 is 20.1 Å². The van der Waals surface area contributed by atoms with E-state index < -0.39 is 0 Å². The van der Waals surface area contributed by atoms with Gasteiger partial charge in [0.2, 0.25) is 11.8 Å². The summed E-state index contributed by atoms with van der Waals surface area (Å²) in [5, 5.41) is 7.65. The number of methoxy groups -OCH3 is 2. The smallest absolute Gasteiger partial charge is 0.238 e. The summed E-state index contributed by atoms with van der Waals surface area (Å²) in [5.74, 6) is 0.822. The fourth-order valence-corrected chi connectivity index (χ4v) is 3.10. The van der Waals surface area contributed by atoms with Gasteiger partial charge in [0, 0.05) is 16.6 Å². The Labute approximate surface area is 163 Å². The number of nitrogens with one attached hydrogen (secondary N) is 2. The average molecular weight is 391 g/mol. The number of amides is 2. The highest BCUT2D eigenvalue weighted by atomic mass is 32.1. The second-order valence-corrected chi connectivity index (χ2v) is 6.81. The monoisotopic (exact) mass is 391 g/mol. The molecule has 0 bridgehead atoms. The molecule has 2 aromatic rings. The molecule has 27 heavy (non-hydrogen) atoms. The third-order valence-electron chi connectivity index (χ3n) is 3.89. The molecular formula is C19H25N3O4S. The number of thiophene rings is 1. The first kappa shape index (κ1) is 20.7. The first-order valence-corrected chi connectivity index (χ1v) is 9.47. The van der Waals surface area contributed by atoms with Crippen molar-refractivity contribution in [3.8, 4) is 11.5 Å². The third-order valence-corrected chi connectivity index (χ3v) is 4.77. The number of hydrogen-bond acceptors (Lipinski definition) is 6. The maximum absolute atomic E-state index is 12.3. The van der Waals surface area contributed by atoms with Crippen LogP contribution in [0.3, 0.4) is 0 Å². The van der Waals surface area contributed by atoms with Crippen molar-refractivity contribution >= 4 is 28.8 Å². The van der Waals surface area contributed by atoms with Crippen LogP contribution in [-0.4, -0.2) is 50.6 Å². The molecule has 0 unspecified atom stereocenters. The number of benzene rings is 1. The highest BCUT2D eigenvalue weighted by Gasteiger charge is 2.14. The van der Waals surface area contributed by atoms with Gasteiger partial charge in [-0.05, 0) is 30.1 Å². The van der Waals surface area contributed by atoms with Gasteiger partial charge in [-0.25, -0.2) is 0 Å². The zero-order valence-corrected chi connectivity index (χ0v) is 16.6. The molecule has 1 aromatic carbocycles. The van der Waals surface area contributed by atoms with E-state index in [1.807, 2.05) is 24.4 Å². The van der Waals surface area contributed by atoms with Gasteiger partial charge in [0.15, 0.2) is 11.5 Å². The van der Waals surface area contributed by atoms with Gasteiger partial charge in [0.1, 0.15) is 0 Å². The van der Waals surface area contributed by atoms with E-state index in [1.165, 1.54) is 7.11 Å². The molecule has 2 rings (SSSR count). The van der Waals surface area contributed by atoms with E-state index in [0.29, 0.717) is 30.3 Å². The van der Waals surface area contributed by atoms with Gasteiger partial charge in [-0.1, -0.05) is 13.0 Å². The maximum Gasteiger partial charge on any atom is 0.238 e. The normalized spacial score (nSPS) is 10.5. The Morgan fingerprint density at radius 1 is 1.07 bits per heavy atom. The van der Waals surface area contributed by atoms with E-state index in [-0.39, 0.29) is 24.9 Å². The minimum absolute atomic E-state index is 0.107. The van der Waals surface area contributed by atoms with Gasteiger partial charge in [-0.3, -0.25) is 14.5 Å². The third kappa shape index (κ3) is 6.58. The molecule has 2 amide bonds. The highest BCUT2D eigenvalue weighted by molar-refractivity contribution is 7.09. The van der Waals surface area contributed by atoms with Crippen LogP contribution in [0.15, 0.2) is 35.7 Å². The molecule has 0 atom stereocenters. The van der Waals surface area contributed by atoms with Crippen molar-refractivity contribution in [1.82, 2.24) is 10.2 Å². The lowest BCUT2D eigenvalue weighted by Gasteiger charge is -2.19. The van der Waals surface area contributed by atoms with E-state index >= 15 is 0 Å². The van der Waals surface area contributed by atoms with Gasteiger partial charge in [0.05, 0.1) is 33.9 Å². The molecule has 146 valence electrons. The topological polar surface area (TPSA) is 79.9 Å². The van der Waals surface area contributed by atoms with Crippen molar-refractivity contribution in [1.29, 1.82) is 0 Å². The number of likely N-dealkylation sites (N-methyl/N-ethyl adjacent to an activating group) is 1. The van der Waals surface area contributed by atoms with Crippen LogP contribution in [0.4, 0.5) is 5.69 Å². The van der Waals surface area contributed by atoms with E-state index in [0.717, 1.165) is 4.88 Å². The molecule has 0 radical (unpaired) electrons. The van der Waals surface area contributed by atoms with E-state index in [2.05, 4.69) is 10.6 Å². The van der Waals surface area contributed by atoms with Gasteiger partial charge in [-0.15, -0.1) is 11.3 Å². The predicted molar refractivity (Wildman–Crippen MR) is 106 cm³/mol. The van der Waals surface area contributed by atoms with Crippen LogP contribution in [0.1, 0.15) is 11.8 Å². The molecule has 0 spiro atoms. The molecule has 0 aliphatic heterocycles. The molecule has 0 saturated carbocycles. The largest absolute Gasteiger partial charge is 0.493 e. The minimum Gasteiger partial charge on any atom is -0.493 e. The van der Waals surface area contributed by atoms with Crippen molar-refractivity contribution in [2.75, 3.05) is 39.2 Å². The minimum atomic E-state index is -0.199. The Morgan fingerprint density at radius 2 is 1.81 bits per heavy atom. The number of ether oxygens (including phenoxy) is 2. The van der Waals surface area contributed by atoms with Gasteiger partial charge in [0.25, 0.3) is 0 Å². The summed E-state index contributed by atoms with van der Waals surface area (Å²) in [6.07, 6.45) is 0. The van der Waals surface area contributed by atoms with Crippen LogP contribution in [0.5, 0.6) is 11.5 Å².